The first-order chi connectivity index (χ1) is 10.2. The highest BCUT2D eigenvalue weighted by atomic mass is 16.3. The molecule has 0 saturated heterocycles. The molecule has 0 atom stereocenters. The van der Waals surface area contributed by atoms with Crippen molar-refractivity contribution >= 4 is 5.91 Å². The van der Waals surface area contributed by atoms with Gasteiger partial charge in [-0.25, -0.2) is 0 Å². The quantitative estimate of drug-likeness (QED) is 0.759. The number of amides is 1. The Balaban J connectivity index is 1.51. The largest absolute Gasteiger partial charge is 0.393 e. The van der Waals surface area contributed by atoms with Crippen molar-refractivity contribution in [1.29, 1.82) is 0 Å². The van der Waals surface area contributed by atoms with Crippen molar-refractivity contribution in [3.8, 4) is 0 Å². The lowest BCUT2D eigenvalue weighted by molar-refractivity contribution is -0.122. The second-order valence-electron chi connectivity index (χ2n) is 5.99. The summed E-state index contributed by atoms with van der Waals surface area (Å²) in [4.78, 5) is 15.9. The van der Waals surface area contributed by atoms with E-state index < -0.39 is 0 Å². The third kappa shape index (κ3) is 6.25. The predicted molar refractivity (Wildman–Crippen MR) is 82.8 cm³/mol. The van der Waals surface area contributed by atoms with Gasteiger partial charge in [0.05, 0.1) is 6.10 Å². The second-order valence-corrected chi connectivity index (χ2v) is 5.99. The average molecular weight is 290 g/mol. The monoisotopic (exact) mass is 290 g/mol. The number of hydrogen-bond donors (Lipinski definition) is 2. The Kier molecular flexibility index (Phi) is 6.67. The zero-order valence-corrected chi connectivity index (χ0v) is 12.6. The number of hydrogen-bond acceptors (Lipinski definition) is 3. The molecule has 4 heteroatoms. The van der Waals surface area contributed by atoms with Crippen molar-refractivity contribution in [3.63, 3.8) is 0 Å². The number of rotatable bonds is 7. The van der Waals surface area contributed by atoms with Crippen LogP contribution in [0.1, 0.15) is 56.9 Å². The normalized spacial score (nSPS) is 22.0. The lowest BCUT2D eigenvalue weighted by Gasteiger charge is -2.26. The van der Waals surface area contributed by atoms with E-state index in [2.05, 4.69) is 16.4 Å². The molecular weight excluding hydrogens is 264 g/mol. The van der Waals surface area contributed by atoms with Crippen LogP contribution >= 0.6 is 0 Å². The maximum atomic E-state index is 11.8. The van der Waals surface area contributed by atoms with Gasteiger partial charge in [0.15, 0.2) is 0 Å². The summed E-state index contributed by atoms with van der Waals surface area (Å²) in [6, 6.07) is 4.33. The number of aliphatic hydroxyl groups is 1. The number of pyridine rings is 1. The molecule has 1 fully saturated rings. The van der Waals surface area contributed by atoms with Crippen LogP contribution < -0.4 is 5.32 Å². The first kappa shape index (κ1) is 16.0. The molecule has 0 unspecified atom stereocenters. The molecule has 1 aliphatic carbocycles. The van der Waals surface area contributed by atoms with Gasteiger partial charge in [0, 0.05) is 24.9 Å². The Labute approximate surface area is 127 Å². The molecule has 1 amide bonds. The highest BCUT2D eigenvalue weighted by molar-refractivity contribution is 5.76. The summed E-state index contributed by atoms with van der Waals surface area (Å²) in [6.07, 6.45) is 11.8. The number of nitrogens with zero attached hydrogens (tertiary/aromatic N) is 1. The van der Waals surface area contributed by atoms with Crippen molar-refractivity contribution in [2.75, 3.05) is 0 Å². The van der Waals surface area contributed by atoms with Gasteiger partial charge in [0.1, 0.15) is 0 Å². The third-order valence-corrected chi connectivity index (χ3v) is 4.15. The molecule has 1 aliphatic rings. The highest BCUT2D eigenvalue weighted by Crippen LogP contribution is 2.18. The second kappa shape index (κ2) is 8.78. The van der Waals surface area contributed by atoms with Gasteiger partial charge in [-0.05, 0) is 56.6 Å². The van der Waals surface area contributed by atoms with Crippen LogP contribution in [0.4, 0.5) is 0 Å². The van der Waals surface area contributed by atoms with Crippen LogP contribution in [0.2, 0.25) is 0 Å². The van der Waals surface area contributed by atoms with Crippen molar-refractivity contribution in [3.05, 3.63) is 30.1 Å². The van der Waals surface area contributed by atoms with Crippen LogP contribution in [0, 0.1) is 0 Å². The van der Waals surface area contributed by atoms with Crippen LogP contribution in [0.3, 0.4) is 0 Å². The fourth-order valence-corrected chi connectivity index (χ4v) is 2.86. The number of aliphatic hydroxyl groups excluding tert-OH is 1. The van der Waals surface area contributed by atoms with Gasteiger partial charge in [-0.1, -0.05) is 12.5 Å². The molecule has 21 heavy (non-hydrogen) atoms. The number of unbranched alkanes of at least 4 members (excludes halogenated alkanes) is 2. The smallest absolute Gasteiger partial charge is 0.220 e. The maximum absolute atomic E-state index is 11.8. The van der Waals surface area contributed by atoms with E-state index in [1.165, 1.54) is 5.56 Å². The number of carbonyl (C=O) groups excluding carboxylic acids is 1. The molecule has 0 radical (unpaired) electrons. The summed E-state index contributed by atoms with van der Waals surface area (Å²) >= 11 is 0. The summed E-state index contributed by atoms with van der Waals surface area (Å²) in [6.45, 7) is 0. The predicted octanol–water partition coefficient (Wildman–Crippen LogP) is 2.60. The molecule has 1 heterocycles. The molecule has 116 valence electrons. The van der Waals surface area contributed by atoms with E-state index >= 15 is 0 Å². The molecule has 1 aromatic rings. The van der Waals surface area contributed by atoms with Crippen LogP contribution in [-0.4, -0.2) is 28.1 Å². The van der Waals surface area contributed by atoms with Gasteiger partial charge in [-0.15, -0.1) is 0 Å². The van der Waals surface area contributed by atoms with E-state index in [-0.39, 0.29) is 18.1 Å². The Morgan fingerprint density at radius 1 is 1.24 bits per heavy atom. The molecule has 0 spiro atoms. The Hall–Kier alpha value is -1.42. The van der Waals surface area contributed by atoms with Gasteiger partial charge in [0.2, 0.25) is 5.91 Å². The minimum absolute atomic E-state index is 0.161. The van der Waals surface area contributed by atoms with E-state index in [9.17, 15) is 9.90 Å². The zero-order chi connectivity index (χ0) is 14.9. The average Bonchev–Trinajstić information content (AvgIpc) is 2.50. The van der Waals surface area contributed by atoms with E-state index in [0.717, 1.165) is 51.4 Å². The van der Waals surface area contributed by atoms with Crippen LogP contribution in [-0.2, 0) is 11.2 Å². The molecule has 1 saturated carbocycles. The summed E-state index contributed by atoms with van der Waals surface area (Å²) in [7, 11) is 0. The molecule has 2 rings (SSSR count). The number of carbonyl (C=O) groups is 1. The Bertz CT molecular complexity index is 414. The highest BCUT2D eigenvalue weighted by Gasteiger charge is 2.20. The summed E-state index contributed by atoms with van der Waals surface area (Å²) < 4.78 is 0. The van der Waals surface area contributed by atoms with E-state index in [1.807, 2.05) is 12.3 Å². The van der Waals surface area contributed by atoms with Crippen LogP contribution in [0.5, 0.6) is 0 Å². The van der Waals surface area contributed by atoms with Crippen LogP contribution in [0.25, 0.3) is 0 Å². The molecule has 4 nitrogen and oxygen atoms in total. The maximum Gasteiger partial charge on any atom is 0.220 e. The van der Waals surface area contributed by atoms with E-state index in [1.54, 1.807) is 6.20 Å². The van der Waals surface area contributed by atoms with Gasteiger partial charge in [0.25, 0.3) is 0 Å². The van der Waals surface area contributed by atoms with Crippen molar-refractivity contribution in [2.45, 2.75) is 69.9 Å². The molecule has 1 aromatic heterocycles. The van der Waals surface area contributed by atoms with Gasteiger partial charge < -0.3 is 10.4 Å². The minimum Gasteiger partial charge on any atom is -0.393 e. The number of aromatic nitrogens is 1. The molecule has 0 bridgehead atoms. The van der Waals surface area contributed by atoms with Gasteiger partial charge in [-0.2, -0.15) is 0 Å². The van der Waals surface area contributed by atoms with Crippen LogP contribution in [0.15, 0.2) is 24.5 Å². The van der Waals surface area contributed by atoms with Crippen molar-refractivity contribution in [2.24, 2.45) is 0 Å². The topological polar surface area (TPSA) is 62.2 Å². The summed E-state index contributed by atoms with van der Waals surface area (Å²) in [5.41, 5.74) is 1.27. The molecule has 0 aromatic carbocycles. The van der Waals surface area contributed by atoms with Crippen molar-refractivity contribution < 1.29 is 9.90 Å². The molecule has 0 aliphatic heterocycles. The lowest BCUT2D eigenvalue weighted by atomic mass is 9.93. The first-order valence-electron chi connectivity index (χ1n) is 8.10. The lowest BCUT2D eigenvalue weighted by Crippen LogP contribution is -2.38. The number of nitrogens with one attached hydrogen (secondary N) is 1. The fourth-order valence-electron chi connectivity index (χ4n) is 2.86. The molecule has 2 N–H and O–H groups in total. The standard InChI is InChI=1S/C17H26N2O2/c20-16-10-8-15(9-11-16)19-17(21)7-3-1-2-5-14-6-4-12-18-13-14/h4,6,12-13,15-16,20H,1-3,5,7-11H2,(H,19,21). The van der Waals surface area contributed by atoms with Gasteiger partial charge in [-0.3, -0.25) is 9.78 Å². The fraction of sp³-hybridized carbons (Fsp3) is 0.647. The zero-order valence-electron chi connectivity index (χ0n) is 12.6. The Morgan fingerprint density at radius 2 is 2.05 bits per heavy atom. The van der Waals surface area contributed by atoms with Gasteiger partial charge >= 0.3 is 0 Å². The summed E-state index contributed by atoms with van der Waals surface area (Å²) in [5, 5.41) is 12.5. The minimum atomic E-state index is -0.161. The summed E-state index contributed by atoms with van der Waals surface area (Å²) in [5.74, 6) is 0.165. The van der Waals surface area contributed by atoms with Crippen molar-refractivity contribution in [1.82, 2.24) is 10.3 Å². The third-order valence-electron chi connectivity index (χ3n) is 4.15. The first-order valence-corrected chi connectivity index (χ1v) is 8.10. The molecular formula is C17H26N2O2. The van der Waals surface area contributed by atoms with E-state index in [0.29, 0.717) is 6.42 Å². The van der Waals surface area contributed by atoms with E-state index in [4.69, 9.17) is 0 Å². The Morgan fingerprint density at radius 3 is 2.76 bits per heavy atom. The number of aryl methyl sites for hydroxylation is 1. The SMILES string of the molecule is O=C(CCCCCc1cccnc1)NC1CCC(O)CC1.